The molecule has 4 nitrogen and oxygen atoms in total. The van der Waals surface area contributed by atoms with Crippen LogP contribution >= 0.6 is 11.3 Å². The number of nitrogens with zero attached hydrogens (tertiary/aromatic N) is 1. The number of hydrogen-bond donors (Lipinski definition) is 1. The van der Waals surface area contributed by atoms with E-state index in [1.165, 1.54) is 18.2 Å². The van der Waals surface area contributed by atoms with E-state index in [-0.39, 0.29) is 17.5 Å². The van der Waals surface area contributed by atoms with Crippen molar-refractivity contribution in [2.75, 3.05) is 19.6 Å². The minimum Gasteiger partial charge on any atom is -0.294 e. The lowest BCUT2D eigenvalue weighted by atomic mass is 9.97. The number of likely N-dealkylation sites (tertiary alicyclic amines) is 1. The van der Waals surface area contributed by atoms with Gasteiger partial charge in [0.2, 0.25) is 10.0 Å². The van der Waals surface area contributed by atoms with Crippen LogP contribution in [0.25, 0.3) is 0 Å². The molecule has 1 aromatic carbocycles. The summed E-state index contributed by atoms with van der Waals surface area (Å²) in [7, 11) is -3.87. The average molecular weight is 383 g/mol. The molecule has 136 valence electrons. The Hall–Kier alpha value is -1.28. The van der Waals surface area contributed by atoms with Crippen molar-refractivity contribution in [2.45, 2.75) is 30.7 Å². The second-order valence-electron chi connectivity index (χ2n) is 6.53. The van der Waals surface area contributed by atoms with Crippen LogP contribution in [0.1, 0.15) is 30.7 Å². The highest BCUT2D eigenvalue weighted by Gasteiger charge is 2.27. The van der Waals surface area contributed by atoms with Gasteiger partial charge in [-0.15, -0.1) is 11.3 Å². The van der Waals surface area contributed by atoms with Crippen molar-refractivity contribution in [1.82, 2.24) is 9.62 Å². The lowest BCUT2D eigenvalue weighted by molar-refractivity contribution is 0.141. The smallest absolute Gasteiger partial charge is 0.243 e. The zero-order valence-electron chi connectivity index (χ0n) is 14.2. The first-order chi connectivity index (χ1) is 12.0. The first-order valence-electron chi connectivity index (χ1n) is 8.49. The summed E-state index contributed by atoms with van der Waals surface area (Å²) in [6, 6.07) is 9.46. The van der Waals surface area contributed by atoms with Crippen LogP contribution in [0.3, 0.4) is 0 Å². The third-order valence-corrected chi connectivity index (χ3v) is 7.15. The zero-order chi connectivity index (χ0) is 17.9. The molecule has 2 heterocycles. The van der Waals surface area contributed by atoms with E-state index >= 15 is 0 Å². The zero-order valence-corrected chi connectivity index (χ0v) is 15.8. The van der Waals surface area contributed by atoms with Gasteiger partial charge in [-0.25, -0.2) is 17.5 Å². The van der Waals surface area contributed by atoms with Crippen LogP contribution in [0.2, 0.25) is 0 Å². The van der Waals surface area contributed by atoms with Gasteiger partial charge >= 0.3 is 0 Å². The molecule has 0 radical (unpaired) electrons. The van der Waals surface area contributed by atoms with E-state index in [0.29, 0.717) is 5.92 Å². The molecule has 1 atom stereocenters. The Kier molecular flexibility index (Phi) is 5.89. The fourth-order valence-corrected chi connectivity index (χ4v) is 5.14. The second kappa shape index (κ2) is 7.95. The van der Waals surface area contributed by atoms with Crippen molar-refractivity contribution in [1.29, 1.82) is 0 Å². The van der Waals surface area contributed by atoms with Crippen LogP contribution in [-0.2, 0) is 10.0 Å². The predicted molar refractivity (Wildman–Crippen MR) is 98.6 cm³/mol. The molecule has 1 unspecified atom stereocenters. The van der Waals surface area contributed by atoms with Gasteiger partial charge in [-0.3, -0.25) is 4.90 Å². The number of nitrogens with one attached hydrogen (secondary N) is 1. The van der Waals surface area contributed by atoms with E-state index in [1.807, 2.05) is 17.5 Å². The van der Waals surface area contributed by atoms with Gasteiger partial charge < -0.3 is 0 Å². The van der Waals surface area contributed by atoms with Gasteiger partial charge in [0.15, 0.2) is 0 Å². The summed E-state index contributed by atoms with van der Waals surface area (Å²) >= 11 is 1.62. The molecule has 2 aromatic rings. The molecule has 0 amide bonds. The molecule has 0 bridgehead atoms. The monoisotopic (exact) mass is 382 g/mol. The van der Waals surface area contributed by atoms with E-state index in [9.17, 15) is 12.8 Å². The Labute approximate surface area is 152 Å². The van der Waals surface area contributed by atoms with E-state index in [4.69, 9.17) is 0 Å². The highest BCUT2D eigenvalue weighted by molar-refractivity contribution is 7.89. The summed E-state index contributed by atoms with van der Waals surface area (Å²) in [4.78, 5) is 3.16. The van der Waals surface area contributed by atoms with Crippen LogP contribution < -0.4 is 4.72 Å². The van der Waals surface area contributed by atoms with Crippen LogP contribution in [-0.4, -0.2) is 33.0 Å². The first-order valence-corrected chi connectivity index (χ1v) is 10.9. The number of rotatable bonds is 6. The molecular weight excluding hydrogens is 359 g/mol. The topological polar surface area (TPSA) is 49.4 Å². The molecule has 0 saturated carbocycles. The molecule has 1 aliphatic heterocycles. The summed E-state index contributed by atoms with van der Waals surface area (Å²) in [5.74, 6) is -0.0233. The standard InChI is InChI=1S/C18H23FN2O2S2/c1-14-8-10-21(11-9-14)16(17-6-4-12-24-17)13-20-25(22,23)18-7-3-2-5-15(18)19/h2-7,12,14,16,20H,8-11,13H2,1H3. The Balaban J connectivity index is 1.76. The largest absolute Gasteiger partial charge is 0.294 e. The molecule has 1 fully saturated rings. The minimum absolute atomic E-state index is 0.0194. The molecule has 1 aliphatic rings. The summed E-state index contributed by atoms with van der Waals surface area (Å²) < 4.78 is 41.5. The normalized spacial score (nSPS) is 18.3. The van der Waals surface area contributed by atoms with E-state index in [2.05, 4.69) is 16.5 Å². The lowest BCUT2D eigenvalue weighted by Crippen LogP contribution is -2.41. The van der Waals surface area contributed by atoms with E-state index in [0.717, 1.165) is 36.9 Å². The molecule has 1 saturated heterocycles. The first kappa shape index (κ1) is 18.5. The van der Waals surface area contributed by atoms with Gasteiger partial charge in [0.1, 0.15) is 10.7 Å². The quantitative estimate of drug-likeness (QED) is 0.830. The number of benzene rings is 1. The third-order valence-electron chi connectivity index (χ3n) is 4.72. The van der Waals surface area contributed by atoms with Gasteiger partial charge in [0.25, 0.3) is 0 Å². The van der Waals surface area contributed by atoms with E-state index < -0.39 is 15.8 Å². The molecule has 0 aliphatic carbocycles. The molecule has 7 heteroatoms. The van der Waals surface area contributed by atoms with Crippen molar-refractivity contribution < 1.29 is 12.8 Å². The molecule has 3 rings (SSSR count). The summed E-state index contributed by atoms with van der Waals surface area (Å²) in [5.41, 5.74) is 0. The van der Waals surface area contributed by atoms with Crippen molar-refractivity contribution in [2.24, 2.45) is 5.92 Å². The number of sulfonamides is 1. The fraction of sp³-hybridized carbons (Fsp3) is 0.444. The fourth-order valence-electron chi connectivity index (χ4n) is 3.16. The molecular formula is C18H23FN2O2S2. The van der Waals surface area contributed by atoms with Gasteiger partial charge in [-0.1, -0.05) is 25.1 Å². The van der Waals surface area contributed by atoms with Gasteiger partial charge in [0, 0.05) is 11.4 Å². The Bertz CT molecular complexity index is 785. The number of halogens is 1. The predicted octanol–water partition coefficient (Wildman–Crippen LogP) is 3.64. The third kappa shape index (κ3) is 4.47. The number of hydrogen-bond acceptors (Lipinski definition) is 4. The Morgan fingerprint density at radius 2 is 1.96 bits per heavy atom. The van der Waals surface area contributed by atoms with Crippen molar-refractivity contribution in [3.8, 4) is 0 Å². The number of piperidine rings is 1. The Morgan fingerprint density at radius 3 is 2.60 bits per heavy atom. The van der Waals surface area contributed by atoms with Gasteiger partial charge in [-0.05, 0) is 55.4 Å². The maximum Gasteiger partial charge on any atom is 0.243 e. The second-order valence-corrected chi connectivity index (χ2v) is 9.25. The maximum atomic E-state index is 13.9. The summed E-state index contributed by atoms with van der Waals surface area (Å²) in [6.45, 7) is 4.39. The van der Waals surface area contributed by atoms with Crippen LogP contribution in [0.5, 0.6) is 0 Å². The van der Waals surface area contributed by atoms with Crippen molar-refractivity contribution in [3.63, 3.8) is 0 Å². The number of thiophene rings is 1. The summed E-state index contributed by atoms with van der Waals surface area (Å²) in [5, 5.41) is 2.00. The molecule has 1 N–H and O–H groups in total. The summed E-state index contributed by atoms with van der Waals surface area (Å²) in [6.07, 6.45) is 2.23. The van der Waals surface area contributed by atoms with Crippen LogP contribution in [0, 0.1) is 11.7 Å². The SMILES string of the molecule is CC1CCN(C(CNS(=O)(=O)c2ccccc2F)c2cccs2)CC1. The van der Waals surface area contributed by atoms with Gasteiger partial charge in [-0.2, -0.15) is 0 Å². The molecule has 1 aromatic heterocycles. The Morgan fingerprint density at radius 1 is 1.24 bits per heavy atom. The van der Waals surface area contributed by atoms with Crippen molar-refractivity contribution >= 4 is 21.4 Å². The lowest BCUT2D eigenvalue weighted by Gasteiger charge is -2.36. The van der Waals surface area contributed by atoms with Crippen LogP contribution in [0.15, 0.2) is 46.7 Å². The highest BCUT2D eigenvalue weighted by Crippen LogP contribution is 2.29. The van der Waals surface area contributed by atoms with Gasteiger partial charge in [0.05, 0.1) is 6.04 Å². The van der Waals surface area contributed by atoms with Crippen LogP contribution in [0.4, 0.5) is 4.39 Å². The van der Waals surface area contributed by atoms with E-state index in [1.54, 1.807) is 11.3 Å². The highest BCUT2D eigenvalue weighted by atomic mass is 32.2. The minimum atomic E-state index is -3.87. The van der Waals surface area contributed by atoms with Crippen molar-refractivity contribution in [3.05, 3.63) is 52.5 Å². The maximum absolute atomic E-state index is 13.9. The average Bonchev–Trinajstić information content (AvgIpc) is 3.11. The molecule has 25 heavy (non-hydrogen) atoms. The molecule has 0 spiro atoms.